The van der Waals surface area contributed by atoms with Gasteiger partial charge in [0, 0.05) is 15.6 Å². The van der Waals surface area contributed by atoms with Gasteiger partial charge in [-0.25, -0.2) is 9.69 Å². The fourth-order valence-corrected chi connectivity index (χ4v) is 4.45. The summed E-state index contributed by atoms with van der Waals surface area (Å²) in [6.07, 6.45) is 1.42. The number of amides is 4. The number of benzene rings is 3. The van der Waals surface area contributed by atoms with E-state index in [1.165, 1.54) is 20.3 Å². The first kappa shape index (κ1) is 28.1. The van der Waals surface area contributed by atoms with Gasteiger partial charge in [0.25, 0.3) is 5.91 Å². The van der Waals surface area contributed by atoms with Crippen LogP contribution in [0.4, 0.5) is 10.5 Å². The van der Waals surface area contributed by atoms with Crippen molar-refractivity contribution >= 4 is 64.4 Å². The number of para-hydroxylation sites is 2. The Morgan fingerprint density at radius 1 is 0.974 bits per heavy atom. The molecule has 2 N–H and O–H groups in total. The summed E-state index contributed by atoms with van der Waals surface area (Å²) in [4.78, 5) is 38.7. The lowest BCUT2D eigenvalue weighted by molar-refractivity contribution is -0.127. The van der Waals surface area contributed by atoms with E-state index in [0.717, 1.165) is 4.90 Å². The van der Waals surface area contributed by atoms with E-state index in [1.54, 1.807) is 54.6 Å². The molecule has 202 valence electrons. The molecule has 0 spiro atoms. The number of nitrogens with one attached hydrogen (secondary N) is 2. The monoisotopic (exact) mass is 589 g/mol. The zero-order valence-corrected chi connectivity index (χ0v) is 23.0. The lowest BCUT2D eigenvalue weighted by atomic mass is 10.1. The number of carbonyl (C=O) groups is 3. The Labute approximate surface area is 239 Å². The summed E-state index contributed by atoms with van der Waals surface area (Å²) in [6, 6.07) is 14.2. The molecule has 4 rings (SSSR count). The highest BCUT2D eigenvalue weighted by Gasteiger charge is 2.35. The molecule has 0 bridgehead atoms. The van der Waals surface area contributed by atoms with Crippen molar-refractivity contribution in [2.75, 3.05) is 26.1 Å². The number of urea groups is 1. The Balaban J connectivity index is 1.48. The number of ether oxygens (including phenoxy) is 3. The van der Waals surface area contributed by atoms with Crippen molar-refractivity contribution in [2.24, 2.45) is 0 Å². The van der Waals surface area contributed by atoms with Crippen LogP contribution in [0.5, 0.6) is 17.2 Å². The second-order valence-corrected chi connectivity index (χ2v) is 9.44. The van der Waals surface area contributed by atoms with Crippen molar-refractivity contribution in [3.05, 3.63) is 86.5 Å². The summed E-state index contributed by atoms with van der Waals surface area (Å²) in [7, 11) is 2.91. The fraction of sp³-hybridized carbons (Fsp3) is 0.148. The van der Waals surface area contributed by atoms with Crippen molar-refractivity contribution < 1.29 is 28.6 Å². The van der Waals surface area contributed by atoms with Crippen LogP contribution in [-0.2, 0) is 16.2 Å². The molecule has 0 radical (unpaired) electrons. The molecule has 0 saturated carbocycles. The maximum Gasteiger partial charge on any atom is 0.329 e. The summed E-state index contributed by atoms with van der Waals surface area (Å²) < 4.78 is 16.5. The predicted molar refractivity (Wildman–Crippen MR) is 149 cm³/mol. The highest BCUT2D eigenvalue weighted by molar-refractivity contribution is 6.35. The van der Waals surface area contributed by atoms with Crippen LogP contribution in [0, 0.1) is 0 Å². The number of carbonyl (C=O) groups excluding carboxylic acids is 3. The van der Waals surface area contributed by atoms with Crippen molar-refractivity contribution in [2.45, 2.75) is 6.61 Å². The molecule has 1 saturated heterocycles. The van der Waals surface area contributed by atoms with E-state index in [1.807, 2.05) is 0 Å². The van der Waals surface area contributed by atoms with Gasteiger partial charge in [-0.1, -0.05) is 53.0 Å². The SMILES string of the molecule is COc1ccccc1NC(=O)CN1C(=O)N/C(=C/c2cc(Cl)c(OCc3ccc(Cl)cc3Cl)c(OC)c2)C1=O. The van der Waals surface area contributed by atoms with E-state index in [9.17, 15) is 14.4 Å². The number of hydrogen-bond donors (Lipinski definition) is 2. The smallest absolute Gasteiger partial charge is 0.329 e. The van der Waals surface area contributed by atoms with Gasteiger partial charge in [0.1, 0.15) is 24.6 Å². The molecule has 39 heavy (non-hydrogen) atoms. The first-order valence-corrected chi connectivity index (χ1v) is 12.5. The zero-order valence-electron chi connectivity index (χ0n) is 20.7. The Morgan fingerprint density at radius 3 is 2.44 bits per heavy atom. The minimum atomic E-state index is -0.737. The van der Waals surface area contributed by atoms with E-state index in [0.29, 0.717) is 38.4 Å². The van der Waals surface area contributed by atoms with E-state index in [-0.39, 0.29) is 23.1 Å². The van der Waals surface area contributed by atoms with Crippen molar-refractivity contribution in [1.29, 1.82) is 0 Å². The fourth-order valence-electron chi connectivity index (χ4n) is 3.71. The molecule has 0 unspecified atom stereocenters. The molecular formula is C27H22Cl3N3O6. The molecule has 9 nitrogen and oxygen atoms in total. The maximum absolute atomic E-state index is 12.9. The second-order valence-electron chi connectivity index (χ2n) is 8.19. The van der Waals surface area contributed by atoms with E-state index < -0.39 is 24.4 Å². The minimum Gasteiger partial charge on any atom is -0.495 e. The average Bonchev–Trinajstić information content (AvgIpc) is 3.16. The topological polar surface area (TPSA) is 106 Å². The molecule has 0 aromatic heterocycles. The first-order chi connectivity index (χ1) is 18.7. The summed E-state index contributed by atoms with van der Waals surface area (Å²) in [5.74, 6) is -0.245. The molecule has 0 aliphatic carbocycles. The number of halogens is 3. The normalized spacial score (nSPS) is 13.9. The van der Waals surface area contributed by atoms with Gasteiger partial charge in [-0.3, -0.25) is 9.59 Å². The van der Waals surface area contributed by atoms with Gasteiger partial charge in [-0.15, -0.1) is 0 Å². The quantitative estimate of drug-likeness (QED) is 0.242. The third-order valence-corrected chi connectivity index (χ3v) is 6.46. The number of rotatable bonds is 9. The largest absolute Gasteiger partial charge is 0.495 e. The molecular weight excluding hydrogens is 569 g/mol. The van der Waals surface area contributed by atoms with Crippen LogP contribution in [0.3, 0.4) is 0 Å². The molecule has 1 aliphatic heterocycles. The molecule has 12 heteroatoms. The predicted octanol–water partition coefficient (Wildman–Crippen LogP) is 5.77. The Hall–Kier alpha value is -3.92. The Morgan fingerprint density at radius 2 is 1.72 bits per heavy atom. The van der Waals surface area contributed by atoms with E-state index >= 15 is 0 Å². The highest BCUT2D eigenvalue weighted by atomic mass is 35.5. The van der Waals surface area contributed by atoms with Crippen LogP contribution in [0.15, 0.2) is 60.3 Å². The van der Waals surface area contributed by atoms with E-state index in [4.69, 9.17) is 49.0 Å². The second kappa shape index (κ2) is 12.3. The highest BCUT2D eigenvalue weighted by Crippen LogP contribution is 2.38. The lowest BCUT2D eigenvalue weighted by Gasteiger charge is -2.14. The van der Waals surface area contributed by atoms with Crippen LogP contribution in [0.25, 0.3) is 6.08 Å². The van der Waals surface area contributed by atoms with E-state index in [2.05, 4.69) is 10.6 Å². The number of hydrogen-bond acceptors (Lipinski definition) is 6. The van der Waals surface area contributed by atoms with Crippen molar-refractivity contribution in [1.82, 2.24) is 10.2 Å². The van der Waals surface area contributed by atoms with Crippen LogP contribution in [-0.4, -0.2) is 43.5 Å². The van der Waals surface area contributed by atoms with Gasteiger partial charge in [0.15, 0.2) is 11.5 Å². The zero-order chi connectivity index (χ0) is 28.1. The molecule has 1 fully saturated rings. The summed E-state index contributed by atoms with van der Waals surface area (Å²) in [5.41, 5.74) is 1.53. The first-order valence-electron chi connectivity index (χ1n) is 11.4. The summed E-state index contributed by atoms with van der Waals surface area (Å²) in [5, 5.41) is 6.25. The molecule has 3 aromatic rings. The standard InChI is InChI=1S/C27H22Cl3N3O6/c1-37-22-6-4-3-5-20(22)31-24(34)13-33-26(35)21(32-27(33)36)10-15-9-19(30)25(23(11-15)38-2)39-14-16-7-8-17(28)12-18(16)29/h3-12H,13-14H2,1-2H3,(H,31,34)(H,32,36)/b21-10+. The number of imide groups is 1. The summed E-state index contributed by atoms with van der Waals surface area (Å²) >= 11 is 18.6. The Bertz CT molecular complexity index is 1480. The minimum absolute atomic E-state index is 0.0372. The van der Waals surface area contributed by atoms with Gasteiger partial charge in [0.05, 0.1) is 24.9 Å². The van der Waals surface area contributed by atoms with Crippen LogP contribution in [0.2, 0.25) is 15.1 Å². The molecule has 1 aliphatic rings. The van der Waals surface area contributed by atoms with Gasteiger partial charge in [-0.2, -0.15) is 0 Å². The molecule has 4 amide bonds. The number of nitrogens with zero attached hydrogens (tertiary/aromatic N) is 1. The van der Waals surface area contributed by atoms with Crippen LogP contribution in [0.1, 0.15) is 11.1 Å². The van der Waals surface area contributed by atoms with Gasteiger partial charge >= 0.3 is 6.03 Å². The molecule has 1 heterocycles. The molecule has 3 aromatic carbocycles. The van der Waals surface area contributed by atoms with Crippen molar-refractivity contribution in [3.8, 4) is 17.2 Å². The van der Waals surface area contributed by atoms with Crippen molar-refractivity contribution in [3.63, 3.8) is 0 Å². The lowest BCUT2D eigenvalue weighted by Crippen LogP contribution is -2.38. The average molecular weight is 591 g/mol. The third-order valence-electron chi connectivity index (χ3n) is 5.59. The van der Waals surface area contributed by atoms with Gasteiger partial charge in [-0.05, 0) is 48.0 Å². The third kappa shape index (κ3) is 6.57. The molecule has 0 atom stereocenters. The Kier molecular flexibility index (Phi) is 8.86. The maximum atomic E-state index is 12.9. The van der Waals surface area contributed by atoms with Crippen LogP contribution < -0.4 is 24.8 Å². The van der Waals surface area contributed by atoms with Gasteiger partial charge in [0.2, 0.25) is 5.91 Å². The number of anilines is 1. The van der Waals surface area contributed by atoms with Gasteiger partial charge < -0.3 is 24.8 Å². The summed E-state index contributed by atoms with van der Waals surface area (Å²) in [6.45, 7) is -0.392. The number of methoxy groups -OCH3 is 2. The van der Waals surface area contributed by atoms with Crippen LogP contribution >= 0.6 is 34.8 Å².